The van der Waals surface area contributed by atoms with Gasteiger partial charge in [0.2, 0.25) is 0 Å². The summed E-state index contributed by atoms with van der Waals surface area (Å²) < 4.78 is 17.2. The van der Waals surface area contributed by atoms with Crippen molar-refractivity contribution in [2.24, 2.45) is 0 Å². The molecule has 12 aromatic rings. The Kier molecular flexibility index (Phi) is 5.47. The molecule has 0 unspecified atom stereocenters. The standard InChI is InChI=1S/C48H28N2O2/c1-5-14-39-32(10-1)36-26-29(20-23-41(36)49(39)31-22-25-46-38(28-31)34-12-3-7-17-44(34)51-46)30-21-24-42-37(27-30)33-11-2-6-15-40(33)50(42)43-16-9-19-47-48(43)35-13-4-8-18-45(35)52-47/h1-28H. The highest BCUT2D eigenvalue weighted by molar-refractivity contribution is 6.16. The maximum atomic E-state index is 6.30. The number of nitrogens with zero attached hydrogens (tertiary/aromatic N) is 2. The molecule has 0 spiro atoms. The largest absolute Gasteiger partial charge is 0.456 e. The van der Waals surface area contributed by atoms with Crippen LogP contribution in [0, 0.1) is 0 Å². The van der Waals surface area contributed by atoms with Crippen LogP contribution < -0.4 is 0 Å². The summed E-state index contributed by atoms with van der Waals surface area (Å²) in [6, 6.07) is 60.7. The summed E-state index contributed by atoms with van der Waals surface area (Å²) in [5.41, 5.74) is 12.9. The van der Waals surface area contributed by atoms with E-state index in [1.807, 2.05) is 24.3 Å². The van der Waals surface area contributed by atoms with Gasteiger partial charge in [-0.15, -0.1) is 0 Å². The lowest BCUT2D eigenvalue weighted by Gasteiger charge is -2.10. The molecule has 4 nitrogen and oxygen atoms in total. The summed E-state index contributed by atoms with van der Waals surface area (Å²) in [7, 11) is 0. The first-order valence-electron chi connectivity index (χ1n) is 17.7. The number of rotatable bonds is 3. The summed E-state index contributed by atoms with van der Waals surface area (Å²) in [4.78, 5) is 0. The van der Waals surface area contributed by atoms with Crippen LogP contribution in [-0.4, -0.2) is 9.13 Å². The minimum atomic E-state index is 0.895. The normalized spacial score (nSPS) is 12.2. The van der Waals surface area contributed by atoms with E-state index in [-0.39, 0.29) is 0 Å². The quantitative estimate of drug-likeness (QED) is 0.188. The molecule has 52 heavy (non-hydrogen) atoms. The molecule has 0 saturated carbocycles. The average Bonchev–Trinajstić information content (AvgIpc) is 3.95. The third-order valence-corrected chi connectivity index (χ3v) is 10.9. The van der Waals surface area contributed by atoms with Gasteiger partial charge in [-0.05, 0) is 90.0 Å². The lowest BCUT2D eigenvalue weighted by molar-refractivity contribution is 0.668. The molecule has 0 radical (unpaired) electrons. The van der Waals surface area contributed by atoms with Gasteiger partial charge in [0.25, 0.3) is 0 Å². The third-order valence-electron chi connectivity index (χ3n) is 10.9. The molecule has 0 fully saturated rings. The molecule has 4 aromatic heterocycles. The molecule has 0 aliphatic carbocycles. The second-order valence-corrected chi connectivity index (χ2v) is 13.7. The van der Waals surface area contributed by atoms with E-state index in [0.717, 1.165) is 55.3 Å². The van der Waals surface area contributed by atoms with E-state index >= 15 is 0 Å². The Hall–Kier alpha value is -7.04. The fourth-order valence-corrected chi connectivity index (χ4v) is 8.64. The van der Waals surface area contributed by atoms with Gasteiger partial charge < -0.3 is 18.0 Å². The zero-order valence-electron chi connectivity index (χ0n) is 27.9. The minimum Gasteiger partial charge on any atom is -0.456 e. The van der Waals surface area contributed by atoms with E-state index in [1.54, 1.807) is 0 Å². The fraction of sp³-hybridized carbons (Fsp3) is 0. The number of hydrogen-bond acceptors (Lipinski definition) is 2. The van der Waals surface area contributed by atoms with E-state index < -0.39 is 0 Å². The van der Waals surface area contributed by atoms with Crippen LogP contribution in [0.15, 0.2) is 179 Å². The van der Waals surface area contributed by atoms with E-state index in [4.69, 9.17) is 8.83 Å². The summed E-state index contributed by atoms with van der Waals surface area (Å²) in [5, 5.41) is 9.42. The maximum Gasteiger partial charge on any atom is 0.137 e. The molecule has 0 atom stereocenters. The average molecular weight is 665 g/mol. The minimum absolute atomic E-state index is 0.895. The van der Waals surface area contributed by atoms with Crippen LogP contribution in [-0.2, 0) is 0 Å². The molecule has 0 amide bonds. The smallest absolute Gasteiger partial charge is 0.137 e. The Bertz CT molecular complexity index is 3420. The lowest BCUT2D eigenvalue weighted by atomic mass is 10.0. The van der Waals surface area contributed by atoms with Gasteiger partial charge in [0.05, 0.1) is 33.1 Å². The number of para-hydroxylation sites is 4. The summed E-state index contributed by atoms with van der Waals surface area (Å²) >= 11 is 0. The van der Waals surface area contributed by atoms with Crippen molar-refractivity contribution in [3.05, 3.63) is 170 Å². The van der Waals surface area contributed by atoms with Crippen LogP contribution in [0.5, 0.6) is 0 Å². The van der Waals surface area contributed by atoms with Gasteiger partial charge in [-0.25, -0.2) is 0 Å². The van der Waals surface area contributed by atoms with Crippen LogP contribution >= 0.6 is 0 Å². The highest BCUT2D eigenvalue weighted by Crippen LogP contribution is 2.41. The van der Waals surface area contributed by atoms with Gasteiger partial charge in [-0.2, -0.15) is 0 Å². The zero-order valence-corrected chi connectivity index (χ0v) is 27.9. The summed E-state index contributed by atoms with van der Waals surface area (Å²) in [6.07, 6.45) is 0. The Morgan fingerprint density at radius 3 is 1.56 bits per heavy atom. The summed E-state index contributed by atoms with van der Waals surface area (Å²) in [5.74, 6) is 0. The number of fused-ring (bicyclic) bond motifs is 12. The first-order valence-corrected chi connectivity index (χ1v) is 17.7. The number of benzene rings is 8. The predicted molar refractivity (Wildman–Crippen MR) is 215 cm³/mol. The van der Waals surface area contributed by atoms with Gasteiger partial charge >= 0.3 is 0 Å². The highest BCUT2D eigenvalue weighted by Gasteiger charge is 2.19. The van der Waals surface area contributed by atoms with Crippen molar-refractivity contribution in [3.8, 4) is 22.5 Å². The Labute approximate surface area is 296 Å². The van der Waals surface area contributed by atoms with Crippen LogP contribution in [0.1, 0.15) is 0 Å². The highest BCUT2D eigenvalue weighted by atomic mass is 16.3. The van der Waals surface area contributed by atoms with Crippen molar-refractivity contribution < 1.29 is 8.83 Å². The topological polar surface area (TPSA) is 36.1 Å². The van der Waals surface area contributed by atoms with Gasteiger partial charge in [0.15, 0.2) is 0 Å². The number of furan rings is 2. The predicted octanol–water partition coefficient (Wildman–Crippen LogP) is 13.3. The van der Waals surface area contributed by atoms with Crippen molar-refractivity contribution in [1.82, 2.24) is 9.13 Å². The van der Waals surface area contributed by atoms with Crippen LogP contribution in [0.4, 0.5) is 0 Å². The van der Waals surface area contributed by atoms with Crippen molar-refractivity contribution in [2.45, 2.75) is 0 Å². The fourth-order valence-electron chi connectivity index (χ4n) is 8.64. The molecule has 4 heteroatoms. The molecule has 0 bridgehead atoms. The van der Waals surface area contributed by atoms with E-state index in [1.165, 1.54) is 54.7 Å². The molecule has 4 heterocycles. The van der Waals surface area contributed by atoms with E-state index in [9.17, 15) is 0 Å². The molecule has 12 rings (SSSR count). The molecule has 8 aromatic carbocycles. The molecule has 0 saturated heterocycles. The van der Waals surface area contributed by atoms with Gasteiger partial charge in [0, 0.05) is 43.4 Å². The molecule has 0 aliphatic rings. The summed E-state index contributed by atoms with van der Waals surface area (Å²) in [6.45, 7) is 0. The van der Waals surface area contributed by atoms with Crippen molar-refractivity contribution >= 4 is 87.5 Å². The number of aromatic nitrogens is 2. The van der Waals surface area contributed by atoms with Gasteiger partial charge in [-0.1, -0.05) is 91.0 Å². The lowest BCUT2D eigenvalue weighted by Crippen LogP contribution is -1.94. The van der Waals surface area contributed by atoms with E-state index in [0.29, 0.717) is 0 Å². The zero-order chi connectivity index (χ0) is 33.9. The molecule has 242 valence electrons. The van der Waals surface area contributed by atoms with Crippen molar-refractivity contribution in [1.29, 1.82) is 0 Å². The third kappa shape index (κ3) is 3.75. The maximum absolute atomic E-state index is 6.30. The monoisotopic (exact) mass is 664 g/mol. The SMILES string of the molecule is c1ccc2c(c1)oc1ccc(-n3c4ccccc4c4cc(-c5ccc6c(c5)c5ccccc5n6-c5cccc6oc7ccccc7c56)ccc43)cc12. The Morgan fingerprint density at radius 1 is 0.308 bits per heavy atom. The van der Waals surface area contributed by atoms with Gasteiger partial charge in [-0.3, -0.25) is 0 Å². The first kappa shape index (κ1) is 27.7. The second kappa shape index (κ2) is 10.3. The second-order valence-electron chi connectivity index (χ2n) is 13.7. The molecule has 0 N–H and O–H groups in total. The number of hydrogen-bond donors (Lipinski definition) is 0. The van der Waals surface area contributed by atoms with Crippen molar-refractivity contribution in [3.63, 3.8) is 0 Å². The Morgan fingerprint density at radius 2 is 0.827 bits per heavy atom. The first-order chi connectivity index (χ1) is 25.8. The molecular weight excluding hydrogens is 637 g/mol. The Balaban J connectivity index is 1.06. The van der Waals surface area contributed by atoms with Crippen LogP contribution in [0.3, 0.4) is 0 Å². The molecule has 0 aliphatic heterocycles. The van der Waals surface area contributed by atoms with Crippen LogP contribution in [0.2, 0.25) is 0 Å². The van der Waals surface area contributed by atoms with Gasteiger partial charge in [0.1, 0.15) is 22.3 Å². The van der Waals surface area contributed by atoms with Crippen molar-refractivity contribution in [2.75, 3.05) is 0 Å². The van der Waals surface area contributed by atoms with E-state index in [2.05, 4.69) is 155 Å². The van der Waals surface area contributed by atoms with Crippen LogP contribution in [0.25, 0.3) is 110 Å². The molecular formula is C48H28N2O2.